The Morgan fingerprint density at radius 2 is 1.88 bits per heavy atom. The molecular formula is C10H18N3O2P. The van der Waals surface area contributed by atoms with Crippen LogP contribution >= 0.6 is 7.59 Å². The van der Waals surface area contributed by atoms with Crippen LogP contribution in [0.4, 0.5) is 0 Å². The van der Waals surface area contributed by atoms with Crippen molar-refractivity contribution in [2.45, 2.75) is 13.8 Å². The topological polar surface area (TPSA) is 67.6 Å². The van der Waals surface area contributed by atoms with Crippen molar-refractivity contribution in [3.05, 3.63) is 30.3 Å². The zero-order chi connectivity index (χ0) is 12.0. The van der Waals surface area contributed by atoms with Crippen LogP contribution in [-0.4, -0.2) is 17.8 Å². The highest BCUT2D eigenvalue weighted by atomic mass is 31.2. The van der Waals surface area contributed by atoms with Crippen LogP contribution in [0.2, 0.25) is 0 Å². The van der Waals surface area contributed by atoms with E-state index in [-0.39, 0.29) is 0 Å². The highest BCUT2D eigenvalue weighted by Gasteiger charge is 2.23. The van der Waals surface area contributed by atoms with Crippen molar-refractivity contribution in [1.82, 2.24) is 9.92 Å². The minimum absolute atomic E-state index is 0.584. The van der Waals surface area contributed by atoms with Crippen LogP contribution in [0.15, 0.2) is 30.3 Å². The van der Waals surface area contributed by atoms with E-state index in [0.717, 1.165) is 0 Å². The highest BCUT2D eigenvalue weighted by Crippen LogP contribution is 2.35. The molecule has 3 N–H and O–H groups in total. The lowest BCUT2D eigenvalue weighted by molar-refractivity contribution is 0.250. The van der Waals surface area contributed by atoms with Crippen LogP contribution < -0.4 is 15.6 Å². The second-order valence-corrected chi connectivity index (χ2v) is 5.26. The Bertz CT molecular complexity index is 354. The summed E-state index contributed by atoms with van der Waals surface area (Å²) < 4.78 is 13.7. The third-order valence-electron chi connectivity index (χ3n) is 2.19. The number of rotatable bonds is 6. The SMILES string of the molecule is CCN(CC)P(N)(=O)NOc1ccccc1. The summed E-state index contributed by atoms with van der Waals surface area (Å²) >= 11 is 0. The van der Waals surface area contributed by atoms with Gasteiger partial charge < -0.3 is 4.84 Å². The lowest BCUT2D eigenvalue weighted by Gasteiger charge is -2.25. The first-order valence-electron chi connectivity index (χ1n) is 5.23. The monoisotopic (exact) mass is 243 g/mol. The molecule has 0 aliphatic rings. The molecule has 0 saturated carbocycles. The maximum absolute atomic E-state index is 12.0. The predicted octanol–water partition coefficient (Wildman–Crippen LogP) is 1.98. The molecule has 1 unspecified atom stereocenters. The Labute approximate surface area is 96.1 Å². The smallest absolute Gasteiger partial charge is 0.310 e. The van der Waals surface area contributed by atoms with Gasteiger partial charge in [-0.3, -0.25) is 10.1 Å². The number of para-hydroxylation sites is 1. The third-order valence-corrected chi connectivity index (χ3v) is 3.95. The van der Waals surface area contributed by atoms with E-state index < -0.39 is 7.59 Å². The number of hydrogen-bond acceptors (Lipinski definition) is 2. The van der Waals surface area contributed by atoms with E-state index in [1.807, 2.05) is 32.0 Å². The fourth-order valence-corrected chi connectivity index (χ4v) is 2.50. The van der Waals surface area contributed by atoms with E-state index in [1.54, 1.807) is 16.8 Å². The van der Waals surface area contributed by atoms with Crippen molar-refractivity contribution >= 4 is 7.59 Å². The van der Waals surface area contributed by atoms with Crippen molar-refractivity contribution in [3.63, 3.8) is 0 Å². The molecule has 90 valence electrons. The maximum atomic E-state index is 12.0. The molecular weight excluding hydrogens is 225 g/mol. The molecule has 0 aromatic heterocycles. The molecule has 5 nitrogen and oxygen atoms in total. The molecule has 1 aromatic rings. The van der Waals surface area contributed by atoms with Gasteiger partial charge >= 0.3 is 7.59 Å². The molecule has 1 rings (SSSR count). The first-order chi connectivity index (χ1) is 7.60. The summed E-state index contributed by atoms with van der Waals surface area (Å²) in [5.41, 5.74) is 5.68. The van der Waals surface area contributed by atoms with Gasteiger partial charge in [-0.1, -0.05) is 37.3 Å². The Hall–Kier alpha value is -0.870. The van der Waals surface area contributed by atoms with Gasteiger partial charge in [0.25, 0.3) is 0 Å². The first kappa shape index (κ1) is 13.2. The molecule has 1 aromatic carbocycles. The van der Waals surface area contributed by atoms with Gasteiger partial charge in [-0.15, -0.1) is 0 Å². The lowest BCUT2D eigenvalue weighted by atomic mass is 10.3. The van der Waals surface area contributed by atoms with Crippen LogP contribution in [0.25, 0.3) is 0 Å². The predicted molar refractivity (Wildman–Crippen MR) is 64.9 cm³/mol. The number of nitrogens with two attached hydrogens (primary N) is 1. The summed E-state index contributed by atoms with van der Waals surface area (Å²) in [5, 5.41) is 2.44. The van der Waals surface area contributed by atoms with Gasteiger partial charge in [-0.2, -0.15) is 0 Å². The van der Waals surface area contributed by atoms with Crippen LogP contribution in [0.1, 0.15) is 13.8 Å². The fourth-order valence-electron chi connectivity index (χ4n) is 1.31. The normalized spacial score (nSPS) is 14.8. The van der Waals surface area contributed by atoms with Crippen molar-refractivity contribution < 1.29 is 9.40 Å². The van der Waals surface area contributed by atoms with Gasteiger partial charge in [-0.25, -0.2) is 4.67 Å². The van der Waals surface area contributed by atoms with Crippen molar-refractivity contribution in [2.24, 2.45) is 5.50 Å². The Morgan fingerprint density at radius 1 is 1.31 bits per heavy atom. The second-order valence-electron chi connectivity index (χ2n) is 3.27. The van der Waals surface area contributed by atoms with Gasteiger partial charge in [0.2, 0.25) is 0 Å². The minimum atomic E-state index is -3.11. The third kappa shape index (κ3) is 3.61. The quantitative estimate of drug-likeness (QED) is 0.590. The van der Waals surface area contributed by atoms with E-state index in [0.29, 0.717) is 18.8 Å². The number of nitrogens with one attached hydrogen (secondary N) is 1. The molecule has 0 saturated heterocycles. The summed E-state index contributed by atoms with van der Waals surface area (Å²) in [7, 11) is -3.11. The van der Waals surface area contributed by atoms with Crippen LogP contribution in [0.3, 0.4) is 0 Å². The van der Waals surface area contributed by atoms with Gasteiger partial charge in [0.1, 0.15) is 5.75 Å². The second kappa shape index (κ2) is 6.01. The molecule has 0 heterocycles. The van der Waals surface area contributed by atoms with E-state index in [2.05, 4.69) is 5.25 Å². The summed E-state index contributed by atoms with van der Waals surface area (Å²) in [5.74, 6) is 0.584. The Balaban J connectivity index is 2.57. The molecule has 0 aliphatic carbocycles. The van der Waals surface area contributed by atoms with Gasteiger partial charge in [0.15, 0.2) is 0 Å². The molecule has 1 atom stereocenters. The Kier molecular flexibility index (Phi) is 4.96. The van der Waals surface area contributed by atoms with Gasteiger partial charge in [-0.05, 0) is 12.1 Å². The average Bonchev–Trinajstić information content (AvgIpc) is 2.29. The van der Waals surface area contributed by atoms with E-state index in [4.69, 9.17) is 10.3 Å². The van der Waals surface area contributed by atoms with E-state index in [1.165, 1.54) is 0 Å². The minimum Gasteiger partial charge on any atom is -0.400 e. The summed E-state index contributed by atoms with van der Waals surface area (Å²) in [6.45, 7) is 5.01. The largest absolute Gasteiger partial charge is 0.400 e. The number of benzene rings is 1. The summed E-state index contributed by atoms with van der Waals surface area (Å²) in [4.78, 5) is 5.18. The van der Waals surface area contributed by atoms with E-state index >= 15 is 0 Å². The maximum Gasteiger partial charge on any atom is 0.310 e. The molecule has 0 radical (unpaired) electrons. The summed E-state index contributed by atoms with van der Waals surface area (Å²) in [6, 6.07) is 9.05. The Morgan fingerprint density at radius 3 is 2.38 bits per heavy atom. The van der Waals surface area contributed by atoms with E-state index in [9.17, 15) is 4.57 Å². The van der Waals surface area contributed by atoms with Crippen molar-refractivity contribution in [1.29, 1.82) is 0 Å². The van der Waals surface area contributed by atoms with Crippen molar-refractivity contribution in [3.8, 4) is 5.75 Å². The zero-order valence-corrected chi connectivity index (χ0v) is 10.5. The molecule has 16 heavy (non-hydrogen) atoms. The van der Waals surface area contributed by atoms with Crippen LogP contribution in [0.5, 0.6) is 5.75 Å². The van der Waals surface area contributed by atoms with Gasteiger partial charge in [0.05, 0.1) is 0 Å². The highest BCUT2D eigenvalue weighted by molar-refractivity contribution is 7.56. The average molecular weight is 243 g/mol. The van der Waals surface area contributed by atoms with Gasteiger partial charge in [0, 0.05) is 13.1 Å². The molecule has 0 spiro atoms. The standard InChI is InChI=1S/C10H18N3O2P/c1-3-13(4-2)16(11,14)12-15-10-8-6-5-7-9-10/h5-9H,3-4H2,1-2H3,(H3,11,12,14). The molecule has 6 heteroatoms. The lowest BCUT2D eigenvalue weighted by Crippen LogP contribution is -2.34. The summed E-state index contributed by atoms with van der Waals surface area (Å²) in [6.07, 6.45) is 0. The molecule has 0 aliphatic heterocycles. The number of hydrogen-bond donors (Lipinski definition) is 2. The number of nitrogens with zero attached hydrogens (tertiary/aromatic N) is 1. The first-order valence-corrected chi connectivity index (χ1v) is 6.96. The molecule has 0 fully saturated rings. The molecule has 0 amide bonds. The van der Waals surface area contributed by atoms with Crippen LogP contribution in [0, 0.1) is 0 Å². The zero-order valence-electron chi connectivity index (χ0n) is 9.59. The fraction of sp³-hybridized carbons (Fsp3) is 0.400. The van der Waals surface area contributed by atoms with Crippen LogP contribution in [-0.2, 0) is 4.57 Å². The van der Waals surface area contributed by atoms with Crippen molar-refractivity contribution in [2.75, 3.05) is 13.1 Å². The molecule has 0 bridgehead atoms.